The van der Waals surface area contributed by atoms with Crippen LogP contribution in [0.25, 0.3) is 11.5 Å². The van der Waals surface area contributed by atoms with Gasteiger partial charge in [0.05, 0.1) is 4.92 Å². The molecule has 0 atom stereocenters. The summed E-state index contributed by atoms with van der Waals surface area (Å²) >= 11 is 5.24. The van der Waals surface area contributed by atoms with Gasteiger partial charge in [0.15, 0.2) is 0 Å². The highest BCUT2D eigenvalue weighted by atomic mass is 35.5. The number of aromatic nitrogens is 2. The molecule has 0 aliphatic rings. The fourth-order valence-electron chi connectivity index (χ4n) is 1.25. The van der Waals surface area contributed by atoms with Crippen LogP contribution in [0.2, 0.25) is 0 Å². The van der Waals surface area contributed by atoms with Gasteiger partial charge in [0.2, 0.25) is 5.89 Å². The van der Waals surface area contributed by atoms with Crippen molar-refractivity contribution in [3.63, 3.8) is 0 Å². The molecule has 1 aromatic carbocycles. The predicted molar refractivity (Wildman–Crippen MR) is 62.2 cm³/mol. The Hall–Kier alpha value is -2.48. The molecule has 9 heteroatoms. The summed E-state index contributed by atoms with van der Waals surface area (Å²) in [5.74, 6) is 0.122. The maximum absolute atomic E-state index is 10.5. The van der Waals surface area contributed by atoms with Crippen LogP contribution in [-0.2, 0) is 0 Å². The molecule has 0 saturated heterocycles. The van der Waals surface area contributed by atoms with E-state index in [-0.39, 0.29) is 23.2 Å². The summed E-state index contributed by atoms with van der Waals surface area (Å²) in [5, 5.41) is 10.5. The number of nitro benzene ring substituents is 1. The van der Waals surface area contributed by atoms with Crippen molar-refractivity contribution in [3.05, 3.63) is 40.0 Å². The number of nitrogens with two attached hydrogens (primary N) is 1. The molecule has 1 heterocycles. The summed E-state index contributed by atoms with van der Waals surface area (Å²) in [5.41, 5.74) is 5.82. The number of nitrogens with zero attached hydrogens (tertiary/aromatic N) is 4. The number of hydrogen-bond donors (Lipinski definition) is 1. The first-order chi connectivity index (χ1) is 8.60. The van der Waals surface area contributed by atoms with Crippen LogP contribution in [-0.4, -0.2) is 14.9 Å². The summed E-state index contributed by atoms with van der Waals surface area (Å²) in [6, 6.07) is 5.43. The molecule has 0 aliphatic heterocycles. The third kappa shape index (κ3) is 2.43. The maximum Gasteiger partial charge on any atom is 0.297 e. The van der Waals surface area contributed by atoms with Gasteiger partial charge in [-0.05, 0) is 12.1 Å². The SMILES string of the molecule is Nc1n/c(=N/Cl)nc(-c2ccc([N+](=O)[O-])cc2)o1. The van der Waals surface area contributed by atoms with Crippen molar-refractivity contribution in [3.8, 4) is 11.5 Å². The van der Waals surface area contributed by atoms with E-state index in [1.54, 1.807) is 0 Å². The smallest absolute Gasteiger partial charge is 0.297 e. The number of halogens is 1. The Kier molecular flexibility index (Phi) is 3.20. The average Bonchev–Trinajstić information content (AvgIpc) is 2.38. The van der Waals surface area contributed by atoms with Crippen molar-refractivity contribution in [1.29, 1.82) is 0 Å². The number of rotatable bonds is 2. The maximum atomic E-state index is 10.5. The number of nitro groups is 1. The molecular weight excluding hydrogens is 262 g/mol. The Morgan fingerprint density at radius 1 is 1.33 bits per heavy atom. The molecule has 18 heavy (non-hydrogen) atoms. The lowest BCUT2D eigenvalue weighted by atomic mass is 10.2. The highest BCUT2D eigenvalue weighted by Crippen LogP contribution is 2.20. The third-order valence-corrected chi connectivity index (χ3v) is 2.16. The van der Waals surface area contributed by atoms with E-state index in [2.05, 4.69) is 14.5 Å². The number of hydrogen-bond acceptors (Lipinski definition) is 7. The fraction of sp³-hybridized carbons (Fsp3) is 0. The van der Waals surface area contributed by atoms with Crippen LogP contribution in [0.1, 0.15) is 0 Å². The van der Waals surface area contributed by atoms with E-state index in [9.17, 15) is 10.1 Å². The average molecular weight is 268 g/mol. The van der Waals surface area contributed by atoms with Crippen LogP contribution in [0.5, 0.6) is 0 Å². The largest absolute Gasteiger partial charge is 0.406 e. The standard InChI is InChI=1S/C9H6ClN5O3/c10-14-9-12-7(18-8(11)13-9)5-1-3-6(4-2-5)15(16)17/h1-4H,(H2,11,13,14). The second-order valence-corrected chi connectivity index (χ2v) is 3.33. The molecule has 2 rings (SSSR count). The van der Waals surface area contributed by atoms with Gasteiger partial charge in [0, 0.05) is 29.5 Å². The molecule has 0 spiro atoms. The molecule has 0 amide bonds. The molecular formula is C9H6ClN5O3. The quantitative estimate of drug-likeness (QED) is 0.646. The van der Waals surface area contributed by atoms with Crippen LogP contribution in [0.4, 0.5) is 11.7 Å². The van der Waals surface area contributed by atoms with Crippen molar-refractivity contribution < 1.29 is 9.34 Å². The first-order valence-corrected chi connectivity index (χ1v) is 4.98. The number of non-ortho nitro benzene ring substituents is 1. The zero-order chi connectivity index (χ0) is 13.1. The normalized spacial score (nSPS) is 11.5. The van der Waals surface area contributed by atoms with Crippen LogP contribution >= 0.6 is 11.8 Å². The number of anilines is 1. The van der Waals surface area contributed by atoms with Crippen LogP contribution < -0.4 is 11.4 Å². The van der Waals surface area contributed by atoms with Gasteiger partial charge in [-0.1, -0.05) is 0 Å². The predicted octanol–water partition coefficient (Wildman–Crippen LogP) is 1.28. The molecule has 92 valence electrons. The minimum Gasteiger partial charge on any atom is -0.406 e. The minimum atomic E-state index is -0.505. The molecule has 0 bridgehead atoms. The Morgan fingerprint density at radius 3 is 2.56 bits per heavy atom. The molecule has 0 aliphatic carbocycles. The van der Waals surface area contributed by atoms with Crippen molar-refractivity contribution in [2.75, 3.05) is 5.73 Å². The highest BCUT2D eigenvalue weighted by Gasteiger charge is 2.09. The second kappa shape index (κ2) is 4.80. The zero-order valence-corrected chi connectivity index (χ0v) is 9.53. The Bertz CT molecular complexity index is 652. The third-order valence-electron chi connectivity index (χ3n) is 2.01. The second-order valence-electron chi connectivity index (χ2n) is 3.16. The molecule has 0 unspecified atom stereocenters. The van der Waals surface area contributed by atoms with Crippen molar-refractivity contribution in [1.82, 2.24) is 9.97 Å². The van der Waals surface area contributed by atoms with Crippen molar-refractivity contribution >= 4 is 23.5 Å². The molecule has 2 aromatic rings. The monoisotopic (exact) mass is 267 g/mol. The van der Waals surface area contributed by atoms with E-state index < -0.39 is 4.92 Å². The van der Waals surface area contributed by atoms with Gasteiger partial charge in [-0.15, -0.1) is 4.51 Å². The van der Waals surface area contributed by atoms with Crippen molar-refractivity contribution in [2.45, 2.75) is 0 Å². The molecule has 2 N–H and O–H groups in total. The van der Waals surface area contributed by atoms with Crippen molar-refractivity contribution in [2.24, 2.45) is 4.51 Å². The number of nitrogen functional groups attached to an aromatic ring is 1. The van der Waals surface area contributed by atoms with Gasteiger partial charge < -0.3 is 10.2 Å². The Balaban J connectivity index is 2.48. The van der Waals surface area contributed by atoms with Gasteiger partial charge in [-0.3, -0.25) is 10.1 Å². The minimum absolute atomic E-state index is 0.0389. The lowest BCUT2D eigenvalue weighted by Gasteiger charge is -1.99. The lowest BCUT2D eigenvalue weighted by molar-refractivity contribution is -0.384. The van der Waals surface area contributed by atoms with E-state index in [1.165, 1.54) is 24.3 Å². The first-order valence-electron chi connectivity index (χ1n) is 4.64. The number of benzene rings is 1. The van der Waals surface area contributed by atoms with Gasteiger partial charge in [0.25, 0.3) is 17.3 Å². The van der Waals surface area contributed by atoms with E-state index in [0.29, 0.717) is 5.56 Å². The van der Waals surface area contributed by atoms with E-state index in [0.717, 1.165) is 0 Å². The molecule has 0 saturated carbocycles. The van der Waals surface area contributed by atoms with Crippen LogP contribution in [0.15, 0.2) is 33.2 Å². The molecule has 1 aromatic heterocycles. The van der Waals surface area contributed by atoms with Gasteiger partial charge >= 0.3 is 0 Å². The first kappa shape index (κ1) is 12.0. The molecule has 0 radical (unpaired) electrons. The van der Waals surface area contributed by atoms with Gasteiger partial charge in [0.1, 0.15) is 0 Å². The van der Waals surface area contributed by atoms with Gasteiger partial charge in [-0.2, -0.15) is 9.97 Å². The summed E-state index contributed by atoms with van der Waals surface area (Å²) in [4.78, 5) is 17.5. The summed E-state index contributed by atoms with van der Waals surface area (Å²) in [6.07, 6.45) is 0. The lowest BCUT2D eigenvalue weighted by Crippen LogP contribution is -2.14. The van der Waals surface area contributed by atoms with E-state index >= 15 is 0 Å². The molecule has 8 nitrogen and oxygen atoms in total. The fourth-order valence-corrected chi connectivity index (χ4v) is 1.32. The highest BCUT2D eigenvalue weighted by molar-refractivity contribution is 6.14. The summed E-state index contributed by atoms with van der Waals surface area (Å²) in [6.45, 7) is 0. The summed E-state index contributed by atoms with van der Waals surface area (Å²) < 4.78 is 8.34. The molecule has 0 fully saturated rings. The topological polar surface area (TPSA) is 120 Å². The van der Waals surface area contributed by atoms with E-state index in [4.69, 9.17) is 21.9 Å². The van der Waals surface area contributed by atoms with E-state index in [1.807, 2.05) is 0 Å². The Morgan fingerprint density at radius 2 is 2.00 bits per heavy atom. The zero-order valence-electron chi connectivity index (χ0n) is 8.78. The Labute approximate surface area is 105 Å². The van der Waals surface area contributed by atoms with Gasteiger partial charge in [-0.25, -0.2) is 0 Å². The van der Waals surface area contributed by atoms with Crippen LogP contribution in [0.3, 0.4) is 0 Å². The summed E-state index contributed by atoms with van der Waals surface area (Å²) in [7, 11) is 0. The van der Waals surface area contributed by atoms with Crippen LogP contribution in [0, 0.1) is 10.1 Å².